The third-order valence-electron chi connectivity index (χ3n) is 10.3. The van der Waals surface area contributed by atoms with E-state index >= 15 is 0 Å². The predicted molar refractivity (Wildman–Crippen MR) is 211 cm³/mol. The van der Waals surface area contributed by atoms with Gasteiger partial charge >= 0.3 is 12.1 Å². The highest BCUT2D eigenvalue weighted by Crippen LogP contribution is 2.38. The number of carbonyl (C=O) groups excluding carboxylic acids is 4. The fraction of sp³-hybridized carbons (Fsp3) is 0.641. The molecule has 2 fully saturated rings. The smallest absolute Gasteiger partial charge is 0.409 e. The maximum atomic E-state index is 14.2. The summed E-state index contributed by atoms with van der Waals surface area (Å²) in [6, 6.07) is 2.56. The number of fused-ring (bicyclic) bond motifs is 4. The summed E-state index contributed by atoms with van der Waals surface area (Å²) in [6.45, 7) is 9.36. The van der Waals surface area contributed by atoms with E-state index in [0.29, 0.717) is 36.8 Å². The van der Waals surface area contributed by atoms with Crippen molar-refractivity contribution in [3.63, 3.8) is 0 Å². The van der Waals surface area contributed by atoms with E-state index in [4.69, 9.17) is 45.1 Å². The number of nitrogens with zero attached hydrogens (tertiary/aromatic N) is 2. The van der Waals surface area contributed by atoms with Gasteiger partial charge in [0.05, 0.1) is 38.5 Å². The molecule has 56 heavy (non-hydrogen) atoms. The van der Waals surface area contributed by atoms with Gasteiger partial charge in [0.15, 0.2) is 5.72 Å². The number of hydrogen-bond acceptors (Lipinski definition) is 13. The topological polar surface area (TPSA) is 172 Å². The number of halogens is 1. The summed E-state index contributed by atoms with van der Waals surface area (Å²) in [5.74, 6) is -0.579. The third-order valence-corrected chi connectivity index (χ3v) is 11.9. The molecule has 3 aliphatic heterocycles. The maximum Gasteiger partial charge on any atom is 0.409 e. The minimum absolute atomic E-state index is 0.123. The van der Waals surface area contributed by atoms with Crippen LogP contribution in [-0.2, 0) is 49.5 Å². The molecule has 0 radical (unpaired) electrons. The zero-order valence-corrected chi connectivity index (χ0v) is 35.2. The molecule has 0 aromatic heterocycles. The Labute approximate surface area is 338 Å². The Morgan fingerprint density at radius 1 is 1.21 bits per heavy atom. The van der Waals surface area contributed by atoms with Crippen LogP contribution in [0.15, 0.2) is 35.9 Å². The van der Waals surface area contributed by atoms with Gasteiger partial charge in [-0.3, -0.25) is 14.9 Å². The zero-order chi connectivity index (χ0) is 41.4. The molecule has 4 bridgehead atoms. The molecular weight excluding hydrogens is 770 g/mol. The molecule has 1 aromatic rings. The van der Waals surface area contributed by atoms with Crippen molar-refractivity contribution in [1.82, 2.24) is 10.2 Å². The number of allylic oxidation sites excluding steroid dienone is 3. The molecule has 4 rings (SSSR count). The number of anilines is 1. The quantitative estimate of drug-likeness (QED) is 0.259. The lowest BCUT2D eigenvalue weighted by atomic mass is 9.93. The van der Waals surface area contributed by atoms with E-state index in [1.807, 2.05) is 13.0 Å². The first kappa shape index (κ1) is 45.3. The molecule has 2 N–H and O–H groups in total. The fourth-order valence-electron chi connectivity index (χ4n) is 6.63. The maximum absolute atomic E-state index is 14.2. The van der Waals surface area contributed by atoms with Crippen LogP contribution in [0, 0.1) is 0 Å². The van der Waals surface area contributed by atoms with Gasteiger partial charge in [-0.1, -0.05) is 35.4 Å². The van der Waals surface area contributed by atoms with Crippen LogP contribution in [0.4, 0.5) is 10.5 Å². The Balaban J connectivity index is 1.66. The van der Waals surface area contributed by atoms with E-state index in [0.717, 1.165) is 17.6 Å². The molecule has 0 aliphatic carbocycles. The predicted octanol–water partition coefficient (Wildman–Crippen LogP) is 4.75. The minimum Gasteiger partial charge on any atom is -0.495 e. The fourth-order valence-corrected chi connectivity index (χ4v) is 7.98. The summed E-state index contributed by atoms with van der Waals surface area (Å²) in [5.41, 5.74) is -1.17. The van der Waals surface area contributed by atoms with E-state index in [1.165, 1.54) is 31.1 Å². The van der Waals surface area contributed by atoms with Gasteiger partial charge < -0.3 is 38.6 Å². The van der Waals surface area contributed by atoms with E-state index in [9.17, 15) is 24.3 Å². The number of benzene rings is 1. The molecule has 3 amide bonds. The van der Waals surface area contributed by atoms with Crippen LogP contribution < -0.4 is 15.0 Å². The number of rotatable bonds is 9. The lowest BCUT2D eigenvalue weighted by Gasteiger charge is -2.44. The van der Waals surface area contributed by atoms with E-state index in [1.54, 1.807) is 70.8 Å². The Bertz CT molecular complexity index is 1640. The van der Waals surface area contributed by atoms with Gasteiger partial charge in [-0.25, -0.2) is 19.4 Å². The van der Waals surface area contributed by atoms with Crippen LogP contribution in [0.3, 0.4) is 0 Å². The van der Waals surface area contributed by atoms with E-state index < -0.39 is 59.8 Å². The van der Waals surface area contributed by atoms with Crippen LogP contribution in [0.5, 0.6) is 5.75 Å². The summed E-state index contributed by atoms with van der Waals surface area (Å²) in [7, 11) is 5.99. The third kappa shape index (κ3) is 11.6. The standard InChI is InChI=1S/C39H56ClN3O12S/c1-23-11-10-12-31(50-9)39(48)21-30(53-37(47)41-39)25(3)55-38(4,5)32(20-34(45)43(7)28-18-26(17-23)19-29(49-8)35(28)40)54-36(46)24(2)42(6)33(44)14-16-56-27-13-15-51-52-22-27/h10-12,18-19,24-25,27,30-32,48H,13-17,20-22H2,1-9H3,(H,41,47)/b12-10+,23-11+. The Hall–Kier alpha value is -3.38. The van der Waals surface area contributed by atoms with Gasteiger partial charge in [-0.15, -0.1) is 0 Å². The van der Waals surface area contributed by atoms with Gasteiger partial charge in [0.2, 0.25) is 11.8 Å². The molecule has 3 heterocycles. The Kier molecular flexibility index (Phi) is 16.1. The van der Waals surface area contributed by atoms with Crippen molar-refractivity contribution in [3.05, 3.63) is 46.5 Å². The number of thioether (sulfide) groups is 1. The molecule has 0 saturated carbocycles. The minimum atomic E-state index is -1.87. The Morgan fingerprint density at radius 3 is 2.61 bits per heavy atom. The first-order valence-corrected chi connectivity index (χ1v) is 20.0. The largest absolute Gasteiger partial charge is 0.495 e. The summed E-state index contributed by atoms with van der Waals surface area (Å²) >= 11 is 8.38. The highest BCUT2D eigenvalue weighted by Gasteiger charge is 2.48. The van der Waals surface area contributed by atoms with Gasteiger partial charge in [0, 0.05) is 45.0 Å². The number of hydrogen-bond donors (Lipinski definition) is 2. The SMILES string of the molecule is COc1cc2cc(c1Cl)N(C)C(=O)CC(OC(=O)C(C)N(C)C(=O)CCSC1CCOOC1)C(C)(C)OC(C)C1CC(O)(NC(=O)O1)C(OC)/C=C/C=C(\C)C2. The van der Waals surface area contributed by atoms with Gasteiger partial charge in [0.1, 0.15) is 40.7 Å². The highest BCUT2D eigenvalue weighted by atomic mass is 35.5. The van der Waals surface area contributed by atoms with Crippen LogP contribution in [0.1, 0.15) is 65.9 Å². The highest BCUT2D eigenvalue weighted by molar-refractivity contribution is 7.99. The van der Waals surface area contributed by atoms with Crippen LogP contribution in [0.2, 0.25) is 5.02 Å². The number of carbonyl (C=O) groups is 4. The van der Waals surface area contributed by atoms with Crippen LogP contribution >= 0.6 is 23.4 Å². The van der Waals surface area contributed by atoms with Crippen molar-refractivity contribution in [2.24, 2.45) is 0 Å². The number of esters is 1. The zero-order valence-electron chi connectivity index (χ0n) is 33.6. The number of aliphatic hydroxyl groups is 1. The van der Waals surface area contributed by atoms with Crippen molar-refractivity contribution in [2.45, 2.75) is 114 Å². The normalized spacial score (nSPS) is 29.5. The summed E-state index contributed by atoms with van der Waals surface area (Å²) in [4.78, 5) is 66.7. The van der Waals surface area contributed by atoms with E-state index in [2.05, 4.69) is 5.32 Å². The molecule has 3 aliphatic rings. The first-order valence-electron chi connectivity index (χ1n) is 18.6. The molecule has 7 atom stereocenters. The molecule has 0 spiro atoms. The summed E-state index contributed by atoms with van der Waals surface area (Å²) in [6.07, 6.45) is 1.26. The van der Waals surface area contributed by atoms with Crippen molar-refractivity contribution < 1.29 is 57.7 Å². The Morgan fingerprint density at radius 2 is 1.95 bits per heavy atom. The second-order valence-corrected chi connectivity index (χ2v) is 16.7. The van der Waals surface area contributed by atoms with Crippen molar-refractivity contribution in [1.29, 1.82) is 0 Å². The lowest BCUT2D eigenvalue weighted by molar-refractivity contribution is -0.310. The molecule has 15 nitrogen and oxygen atoms in total. The van der Waals surface area contributed by atoms with Gasteiger partial charge in [-0.05, 0) is 65.2 Å². The molecule has 17 heteroatoms. The molecule has 1 aromatic carbocycles. The van der Waals surface area contributed by atoms with Crippen molar-refractivity contribution >= 4 is 52.9 Å². The number of amides is 3. The molecule has 2 saturated heterocycles. The number of alkyl carbamates (subject to hydrolysis) is 1. The molecular formula is C39H56ClN3O12S. The average Bonchev–Trinajstić information content (AvgIpc) is 3.15. The summed E-state index contributed by atoms with van der Waals surface area (Å²) in [5, 5.41) is 14.6. The van der Waals surface area contributed by atoms with Crippen LogP contribution in [-0.4, -0.2) is 128 Å². The lowest BCUT2D eigenvalue weighted by Crippen LogP contribution is -2.64. The summed E-state index contributed by atoms with van der Waals surface area (Å²) < 4.78 is 29.3. The number of nitrogens with one attached hydrogen (secondary N) is 1. The molecule has 7 unspecified atom stereocenters. The van der Waals surface area contributed by atoms with Crippen molar-refractivity contribution in [3.8, 4) is 5.75 Å². The number of likely N-dealkylation sites (N-methyl/N-ethyl adjacent to an activating group) is 1. The monoisotopic (exact) mass is 825 g/mol. The van der Waals surface area contributed by atoms with Crippen molar-refractivity contribution in [2.75, 3.05) is 52.2 Å². The second-order valence-electron chi connectivity index (χ2n) is 14.9. The number of ether oxygens (including phenoxy) is 5. The van der Waals surface area contributed by atoms with E-state index in [-0.39, 0.29) is 35.4 Å². The number of methoxy groups -OCH3 is 2. The second kappa shape index (κ2) is 19.9. The van der Waals surface area contributed by atoms with Crippen LogP contribution in [0.25, 0.3) is 0 Å². The van der Waals surface area contributed by atoms with Gasteiger partial charge in [-0.2, -0.15) is 11.8 Å². The average molecular weight is 826 g/mol. The first-order chi connectivity index (χ1) is 26.4. The van der Waals surface area contributed by atoms with Gasteiger partial charge in [0.25, 0.3) is 0 Å². The molecule has 312 valence electrons.